The highest BCUT2D eigenvalue weighted by atomic mass is 32.2. The van der Waals surface area contributed by atoms with Crippen LogP contribution in [0, 0.1) is 5.82 Å². The second kappa shape index (κ2) is 7.13. The molecule has 0 saturated carbocycles. The number of hydrogen-bond acceptors (Lipinski definition) is 3. The van der Waals surface area contributed by atoms with Crippen LogP contribution in [0.25, 0.3) is 0 Å². The van der Waals surface area contributed by atoms with E-state index in [0.717, 1.165) is 4.90 Å². The minimum Gasteiger partial charge on any atom is -0.497 e. The van der Waals surface area contributed by atoms with Gasteiger partial charge in [0.2, 0.25) is 5.91 Å². The van der Waals surface area contributed by atoms with Gasteiger partial charge in [0.1, 0.15) is 11.6 Å². The Hall–Kier alpha value is -2.01. The van der Waals surface area contributed by atoms with Gasteiger partial charge in [-0.3, -0.25) is 4.79 Å². The molecule has 0 bridgehead atoms. The van der Waals surface area contributed by atoms with Crippen LogP contribution < -0.4 is 10.1 Å². The molecule has 0 aliphatic heterocycles. The molecule has 2 aromatic rings. The summed E-state index contributed by atoms with van der Waals surface area (Å²) in [6, 6.07) is 13.3. The number of benzene rings is 2. The Morgan fingerprint density at radius 2 is 1.95 bits per heavy atom. The van der Waals surface area contributed by atoms with Crippen molar-refractivity contribution >= 4 is 23.4 Å². The van der Waals surface area contributed by atoms with Crippen molar-refractivity contribution in [3.63, 3.8) is 0 Å². The molecule has 0 spiro atoms. The lowest BCUT2D eigenvalue weighted by Crippen LogP contribution is -2.22. The highest BCUT2D eigenvalue weighted by molar-refractivity contribution is 8.00. The number of thioether (sulfide) groups is 1. The summed E-state index contributed by atoms with van der Waals surface area (Å²) in [7, 11) is 1.58. The summed E-state index contributed by atoms with van der Waals surface area (Å²) in [5, 5.41) is 2.54. The van der Waals surface area contributed by atoms with Crippen LogP contribution in [-0.4, -0.2) is 18.3 Å². The van der Waals surface area contributed by atoms with Crippen molar-refractivity contribution in [2.75, 3.05) is 12.4 Å². The van der Waals surface area contributed by atoms with Gasteiger partial charge >= 0.3 is 0 Å². The summed E-state index contributed by atoms with van der Waals surface area (Å²) in [4.78, 5) is 13.0. The van der Waals surface area contributed by atoms with Gasteiger partial charge in [0, 0.05) is 16.6 Å². The van der Waals surface area contributed by atoms with Gasteiger partial charge in [-0.15, -0.1) is 11.8 Å². The van der Waals surface area contributed by atoms with Crippen LogP contribution in [0.4, 0.5) is 10.1 Å². The number of anilines is 1. The SMILES string of the molecule is COc1cccc(NC(=O)[C@@H](C)Sc2ccc(F)cc2)c1. The van der Waals surface area contributed by atoms with E-state index in [1.54, 1.807) is 31.4 Å². The van der Waals surface area contributed by atoms with Crippen molar-refractivity contribution < 1.29 is 13.9 Å². The zero-order valence-corrected chi connectivity index (χ0v) is 12.6. The molecule has 5 heteroatoms. The highest BCUT2D eigenvalue weighted by Crippen LogP contribution is 2.25. The first-order valence-corrected chi connectivity index (χ1v) is 7.33. The lowest BCUT2D eigenvalue weighted by atomic mass is 10.3. The number of methoxy groups -OCH3 is 1. The van der Waals surface area contributed by atoms with E-state index in [4.69, 9.17) is 4.74 Å². The van der Waals surface area contributed by atoms with E-state index in [0.29, 0.717) is 11.4 Å². The third kappa shape index (κ3) is 4.49. The molecule has 0 saturated heterocycles. The first-order chi connectivity index (χ1) is 10.1. The van der Waals surface area contributed by atoms with Crippen LogP contribution in [0.3, 0.4) is 0 Å². The molecule has 1 N–H and O–H groups in total. The van der Waals surface area contributed by atoms with Crippen LogP contribution in [0.1, 0.15) is 6.92 Å². The lowest BCUT2D eigenvalue weighted by Gasteiger charge is -2.12. The van der Waals surface area contributed by atoms with Gasteiger partial charge in [0.25, 0.3) is 0 Å². The number of amides is 1. The maximum Gasteiger partial charge on any atom is 0.237 e. The summed E-state index contributed by atoms with van der Waals surface area (Å²) >= 11 is 1.38. The van der Waals surface area contributed by atoms with E-state index in [-0.39, 0.29) is 17.0 Å². The standard InChI is InChI=1S/C16H16FNO2S/c1-11(21-15-8-6-12(17)7-9-15)16(19)18-13-4-3-5-14(10-13)20-2/h3-11H,1-2H3,(H,18,19)/t11-/m1/s1. The van der Waals surface area contributed by atoms with Crippen molar-refractivity contribution in [1.82, 2.24) is 0 Å². The summed E-state index contributed by atoms with van der Waals surface area (Å²) in [5.74, 6) is 0.289. The zero-order valence-electron chi connectivity index (χ0n) is 11.8. The minimum atomic E-state index is -0.290. The third-order valence-electron chi connectivity index (χ3n) is 2.83. The quantitative estimate of drug-likeness (QED) is 0.850. The van der Waals surface area contributed by atoms with Crippen LogP contribution in [-0.2, 0) is 4.79 Å². The highest BCUT2D eigenvalue weighted by Gasteiger charge is 2.14. The van der Waals surface area contributed by atoms with Crippen LogP contribution in [0.2, 0.25) is 0 Å². The lowest BCUT2D eigenvalue weighted by molar-refractivity contribution is -0.115. The average molecular weight is 305 g/mol. The van der Waals surface area contributed by atoms with Gasteiger partial charge in [-0.2, -0.15) is 0 Å². The fourth-order valence-electron chi connectivity index (χ4n) is 1.72. The van der Waals surface area contributed by atoms with E-state index in [1.807, 2.05) is 19.1 Å². The van der Waals surface area contributed by atoms with Gasteiger partial charge < -0.3 is 10.1 Å². The molecule has 21 heavy (non-hydrogen) atoms. The molecule has 0 fully saturated rings. The molecule has 3 nitrogen and oxygen atoms in total. The first-order valence-electron chi connectivity index (χ1n) is 6.45. The average Bonchev–Trinajstić information content (AvgIpc) is 2.49. The van der Waals surface area contributed by atoms with Crippen LogP contribution in [0.15, 0.2) is 53.4 Å². The van der Waals surface area contributed by atoms with Crippen LogP contribution >= 0.6 is 11.8 Å². The molecular weight excluding hydrogens is 289 g/mol. The molecule has 0 unspecified atom stereocenters. The van der Waals surface area contributed by atoms with E-state index in [1.165, 1.54) is 23.9 Å². The Kier molecular flexibility index (Phi) is 5.22. The summed E-state index contributed by atoms with van der Waals surface area (Å²) in [6.45, 7) is 1.81. The molecule has 0 heterocycles. The Balaban J connectivity index is 1.97. The van der Waals surface area contributed by atoms with Gasteiger partial charge in [-0.25, -0.2) is 4.39 Å². The number of ether oxygens (including phenoxy) is 1. The Labute approximate surface area is 127 Å². The number of halogens is 1. The van der Waals surface area contributed by atoms with E-state index < -0.39 is 0 Å². The molecule has 2 rings (SSSR count). The van der Waals surface area contributed by atoms with Gasteiger partial charge in [0.15, 0.2) is 0 Å². The summed E-state index contributed by atoms with van der Waals surface area (Å²) in [6.07, 6.45) is 0. The summed E-state index contributed by atoms with van der Waals surface area (Å²) in [5.41, 5.74) is 0.686. The van der Waals surface area contributed by atoms with Crippen LogP contribution in [0.5, 0.6) is 5.75 Å². The molecule has 2 aromatic carbocycles. The molecule has 0 aliphatic rings. The van der Waals surface area contributed by atoms with Crippen molar-refractivity contribution in [3.05, 3.63) is 54.3 Å². The first kappa shape index (κ1) is 15.4. The fourth-order valence-corrected chi connectivity index (χ4v) is 2.58. The number of carbonyl (C=O) groups is 1. The minimum absolute atomic E-state index is 0.113. The van der Waals surface area contributed by atoms with Crippen molar-refractivity contribution in [1.29, 1.82) is 0 Å². The van der Waals surface area contributed by atoms with Crippen molar-refractivity contribution in [3.8, 4) is 5.75 Å². The second-order valence-electron chi connectivity index (χ2n) is 4.44. The molecule has 0 aliphatic carbocycles. The van der Waals surface area contributed by atoms with Gasteiger partial charge in [0.05, 0.1) is 12.4 Å². The Morgan fingerprint density at radius 3 is 2.62 bits per heavy atom. The van der Waals surface area contributed by atoms with Crippen molar-refractivity contribution in [2.24, 2.45) is 0 Å². The third-order valence-corrected chi connectivity index (χ3v) is 3.94. The Morgan fingerprint density at radius 1 is 1.24 bits per heavy atom. The Bertz CT molecular complexity index is 616. The molecule has 0 radical (unpaired) electrons. The smallest absolute Gasteiger partial charge is 0.237 e. The monoisotopic (exact) mass is 305 g/mol. The van der Waals surface area contributed by atoms with E-state index in [9.17, 15) is 9.18 Å². The molecule has 1 amide bonds. The zero-order chi connectivity index (χ0) is 15.2. The number of carbonyl (C=O) groups excluding carboxylic acids is 1. The maximum absolute atomic E-state index is 12.8. The predicted octanol–water partition coefficient (Wildman–Crippen LogP) is 3.95. The van der Waals surface area contributed by atoms with E-state index >= 15 is 0 Å². The van der Waals surface area contributed by atoms with Gasteiger partial charge in [-0.05, 0) is 43.3 Å². The number of rotatable bonds is 5. The van der Waals surface area contributed by atoms with Crippen molar-refractivity contribution in [2.45, 2.75) is 17.1 Å². The summed E-state index contributed by atoms with van der Waals surface area (Å²) < 4.78 is 18.0. The normalized spacial score (nSPS) is 11.8. The molecule has 0 aromatic heterocycles. The second-order valence-corrected chi connectivity index (χ2v) is 5.85. The fraction of sp³-hybridized carbons (Fsp3) is 0.188. The van der Waals surface area contributed by atoms with E-state index in [2.05, 4.69) is 5.32 Å². The van der Waals surface area contributed by atoms with Gasteiger partial charge in [-0.1, -0.05) is 6.07 Å². The largest absolute Gasteiger partial charge is 0.497 e. The number of nitrogens with one attached hydrogen (secondary N) is 1. The molecular formula is C16H16FNO2S. The maximum atomic E-state index is 12.8. The number of hydrogen-bond donors (Lipinski definition) is 1. The molecule has 1 atom stereocenters. The predicted molar refractivity (Wildman–Crippen MR) is 83.3 cm³/mol. The topological polar surface area (TPSA) is 38.3 Å². The molecule has 110 valence electrons.